The van der Waals surface area contributed by atoms with Gasteiger partial charge in [0.1, 0.15) is 5.54 Å². The Labute approximate surface area is 237 Å². The molecule has 0 spiro atoms. The summed E-state index contributed by atoms with van der Waals surface area (Å²) in [6.45, 7) is 8.66. The molecule has 0 unspecified atom stereocenters. The standard InChI is InChI=1S/C37H36N2O/c1-35(2)25-32(36(3,4)40-35)24-28-16-14-15-23-33(28)34-26-39(27-38-34)37(29-17-8-5-9-18-29,30-19-10-6-11-20-30)31-21-12-7-13-22-31/h5-24,26-27H,25H2,1-4H3/b32-24+. The number of hydrogen-bond acceptors (Lipinski definition) is 2. The zero-order chi connectivity index (χ0) is 27.8. The van der Waals surface area contributed by atoms with Crippen LogP contribution in [-0.4, -0.2) is 20.8 Å². The van der Waals surface area contributed by atoms with Crippen LogP contribution in [0.1, 0.15) is 56.4 Å². The van der Waals surface area contributed by atoms with Crippen LogP contribution < -0.4 is 0 Å². The predicted molar refractivity (Wildman–Crippen MR) is 164 cm³/mol. The summed E-state index contributed by atoms with van der Waals surface area (Å²) in [5.41, 5.74) is 6.97. The van der Waals surface area contributed by atoms with Gasteiger partial charge in [0.15, 0.2) is 0 Å². The summed E-state index contributed by atoms with van der Waals surface area (Å²) in [6, 6.07) is 40.7. The zero-order valence-corrected chi connectivity index (χ0v) is 23.7. The highest BCUT2D eigenvalue weighted by Gasteiger charge is 2.42. The minimum atomic E-state index is -0.590. The summed E-state index contributed by atoms with van der Waals surface area (Å²) in [6.07, 6.45) is 7.40. The molecule has 3 nitrogen and oxygen atoms in total. The summed E-state index contributed by atoms with van der Waals surface area (Å²) in [4.78, 5) is 5.03. The molecule has 1 fully saturated rings. The van der Waals surface area contributed by atoms with Crippen LogP contribution in [0.25, 0.3) is 17.3 Å². The van der Waals surface area contributed by atoms with Crippen molar-refractivity contribution in [2.24, 2.45) is 0 Å². The number of aromatic nitrogens is 2. The van der Waals surface area contributed by atoms with Crippen molar-refractivity contribution in [1.82, 2.24) is 9.55 Å². The van der Waals surface area contributed by atoms with Gasteiger partial charge in [-0.25, -0.2) is 4.98 Å². The van der Waals surface area contributed by atoms with Gasteiger partial charge in [-0.15, -0.1) is 0 Å². The first-order chi connectivity index (χ1) is 19.3. The Hall–Kier alpha value is -4.21. The van der Waals surface area contributed by atoms with Gasteiger partial charge in [0.25, 0.3) is 0 Å². The SMILES string of the molecule is CC1(C)C/C(=C\c2ccccc2-c2cn(C(c3ccccc3)(c3ccccc3)c3ccccc3)cn2)C(C)(C)O1. The maximum Gasteiger partial charge on any atom is 0.121 e. The van der Waals surface area contributed by atoms with Gasteiger partial charge in [-0.1, -0.05) is 121 Å². The fraction of sp³-hybridized carbons (Fsp3) is 0.216. The van der Waals surface area contributed by atoms with Gasteiger partial charge in [0.2, 0.25) is 0 Å². The molecule has 0 radical (unpaired) electrons. The third-order valence-electron chi connectivity index (χ3n) is 8.03. The van der Waals surface area contributed by atoms with Gasteiger partial charge in [-0.05, 0) is 61.9 Å². The van der Waals surface area contributed by atoms with Crippen LogP contribution in [0.5, 0.6) is 0 Å². The summed E-state index contributed by atoms with van der Waals surface area (Å²) in [5, 5.41) is 0. The minimum Gasteiger partial charge on any atom is -0.365 e. The third kappa shape index (κ3) is 4.61. The van der Waals surface area contributed by atoms with Crippen LogP contribution in [0.15, 0.2) is 133 Å². The lowest BCUT2D eigenvalue weighted by molar-refractivity contribution is -0.0565. The summed E-state index contributed by atoms with van der Waals surface area (Å²) >= 11 is 0. The second kappa shape index (κ2) is 10.1. The van der Waals surface area contributed by atoms with Crippen molar-refractivity contribution in [3.05, 3.63) is 156 Å². The second-order valence-corrected chi connectivity index (χ2v) is 11.8. The molecule has 0 bridgehead atoms. The molecule has 0 N–H and O–H groups in total. The highest BCUT2D eigenvalue weighted by Crippen LogP contribution is 2.44. The van der Waals surface area contributed by atoms with Crippen LogP contribution in [0.4, 0.5) is 0 Å². The second-order valence-electron chi connectivity index (χ2n) is 11.8. The molecular formula is C37H36N2O. The summed E-state index contributed by atoms with van der Waals surface area (Å²) < 4.78 is 8.65. The molecule has 3 heteroatoms. The van der Waals surface area contributed by atoms with Crippen LogP contribution in [0.2, 0.25) is 0 Å². The molecule has 1 aliphatic rings. The minimum absolute atomic E-state index is 0.174. The van der Waals surface area contributed by atoms with Crippen molar-refractivity contribution in [1.29, 1.82) is 0 Å². The zero-order valence-electron chi connectivity index (χ0n) is 23.7. The van der Waals surface area contributed by atoms with Crippen molar-refractivity contribution < 1.29 is 4.74 Å². The fourth-order valence-electron chi connectivity index (χ4n) is 6.36. The molecule has 1 saturated heterocycles. The largest absolute Gasteiger partial charge is 0.365 e. The maximum absolute atomic E-state index is 6.37. The Morgan fingerprint density at radius 1 is 0.700 bits per heavy atom. The van der Waals surface area contributed by atoms with Gasteiger partial charge in [-0.3, -0.25) is 0 Å². The molecule has 2 heterocycles. The molecule has 200 valence electrons. The van der Waals surface area contributed by atoms with E-state index in [9.17, 15) is 0 Å². The van der Waals surface area contributed by atoms with E-state index in [1.54, 1.807) is 0 Å². The lowest BCUT2D eigenvalue weighted by atomic mass is 9.77. The molecule has 1 aliphatic heterocycles. The van der Waals surface area contributed by atoms with E-state index in [4.69, 9.17) is 9.72 Å². The molecule has 40 heavy (non-hydrogen) atoms. The first-order valence-corrected chi connectivity index (χ1v) is 14.0. The van der Waals surface area contributed by atoms with E-state index in [0.29, 0.717) is 0 Å². The van der Waals surface area contributed by atoms with Crippen LogP contribution in [0, 0.1) is 0 Å². The normalized spacial score (nSPS) is 17.2. The Balaban J connectivity index is 1.54. The topological polar surface area (TPSA) is 27.1 Å². The molecule has 4 aromatic carbocycles. The quantitative estimate of drug-likeness (QED) is 0.208. The average Bonchev–Trinajstić information content (AvgIpc) is 3.52. The molecule has 0 saturated carbocycles. The van der Waals surface area contributed by atoms with Crippen LogP contribution in [0.3, 0.4) is 0 Å². The maximum atomic E-state index is 6.37. The third-order valence-corrected chi connectivity index (χ3v) is 8.03. The number of rotatable bonds is 6. The molecule has 0 amide bonds. The van der Waals surface area contributed by atoms with Crippen LogP contribution >= 0.6 is 0 Å². The van der Waals surface area contributed by atoms with Crippen molar-refractivity contribution in [2.75, 3.05) is 0 Å². The van der Waals surface area contributed by atoms with Crippen molar-refractivity contribution in [3.8, 4) is 11.3 Å². The van der Waals surface area contributed by atoms with E-state index in [0.717, 1.165) is 23.2 Å². The monoisotopic (exact) mass is 524 g/mol. The van der Waals surface area contributed by atoms with Gasteiger partial charge in [0.05, 0.1) is 23.2 Å². The molecule has 0 atom stereocenters. The lowest BCUT2D eigenvalue weighted by Gasteiger charge is -2.37. The Morgan fingerprint density at radius 3 is 1.70 bits per heavy atom. The lowest BCUT2D eigenvalue weighted by Crippen LogP contribution is -2.36. The first-order valence-electron chi connectivity index (χ1n) is 14.0. The van der Waals surface area contributed by atoms with E-state index in [2.05, 4.69) is 160 Å². The van der Waals surface area contributed by atoms with E-state index >= 15 is 0 Å². The smallest absolute Gasteiger partial charge is 0.121 e. The van der Waals surface area contributed by atoms with E-state index in [1.165, 1.54) is 22.3 Å². The molecule has 0 aliphatic carbocycles. The Morgan fingerprint density at radius 2 is 1.20 bits per heavy atom. The molecular weight excluding hydrogens is 488 g/mol. The van der Waals surface area contributed by atoms with Crippen molar-refractivity contribution in [2.45, 2.75) is 50.9 Å². The molecule has 1 aromatic heterocycles. The number of hydrogen-bond donors (Lipinski definition) is 0. The summed E-state index contributed by atoms with van der Waals surface area (Å²) in [7, 11) is 0. The van der Waals surface area contributed by atoms with Gasteiger partial charge < -0.3 is 9.30 Å². The van der Waals surface area contributed by atoms with E-state index in [1.807, 2.05) is 6.33 Å². The number of ether oxygens (including phenoxy) is 1. The first kappa shape index (κ1) is 26.0. The highest BCUT2D eigenvalue weighted by atomic mass is 16.5. The molecule has 5 aromatic rings. The van der Waals surface area contributed by atoms with Gasteiger partial charge in [0, 0.05) is 11.8 Å². The predicted octanol–water partition coefficient (Wildman–Crippen LogP) is 8.75. The van der Waals surface area contributed by atoms with Crippen LogP contribution in [-0.2, 0) is 10.3 Å². The highest BCUT2D eigenvalue weighted by molar-refractivity contribution is 5.74. The average molecular weight is 525 g/mol. The van der Waals surface area contributed by atoms with E-state index in [-0.39, 0.29) is 11.2 Å². The fourth-order valence-corrected chi connectivity index (χ4v) is 6.36. The summed E-state index contributed by atoms with van der Waals surface area (Å²) in [5.74, 6) is 0. The van der Waals surface area contributed by atoms with E-state index < -0.39 is 5.54 Å². The van der Waals surface area contributed by atoms with Gasteiger partial charge >= 0.3 is 0 Å². The van der Waals surface area contributed by atoms with Crippen molar-refractivity contribution >= 4 is 6.08 Å². The molecule has 6 rings (SSSR count). The van der Waals surface area contributed by atoms with Crippen molar-refractivity contribution in [3.63, 3.8) is 0 Å². The Kier molecular flexibility index (Phi) is 6.56. The number of imidazole rings is 1. The number of nitrogens with zero attached hydrogens (tertiary/aromatic N) is 2. The van der Waals surface area contributed by atoms with Gasteiger partial charge in [-0.2, -0.15) is 0 Å². The Bertz CT molecular complexity index is 1530. The number of benzene rings is 4.